The summed E-state index contributed by atoms with van der Waals surface area (Å²) in [5.41, 5.74) is 4.11. The summed E-state index contributed by atoms with van der Waals surface area (Å²) in [5.74, 6) is -0.205. The van der Waals surface area contributed by atoms with Crippen LogP contribution in [0.2, 0.25) is 5.15 Å². The molecular weight excluding hydrogens is 400 g/mol. The maximum absolute atomic E-state index is 12.8. The second-order valence-electron chi connectivity index (χ2n) is 7.33. The number of hydrogen-bond acceptors (Lipinski definition) is 5. The molecule has 0 unspecified atom stereocenters. The fourth-order valence-corrected chi connectivity index (χ4v) is 3.78. The number of carbonyl (C=O) groups is 1. The maximum Gasteiger partial charge on any atom is 0.257 e. The number of nitrogens with zero attached hydrogens (tertiary/aromatic N) is 1. The molecular formula is C23H23ClN4O2. The van der Waals surface area contributed by atoms with Crippen LogP contribution in [0.3, 0.4) is 0 Å². The van der Waals surface area contributed by atoms with Gasteiger partial charge in [-0.2, -0.15) is 0 Å². The Morgan fingerprint density at radius 3 is 2.47 bits per heavy atom. The van der Waals surface area contributed by atoms with E-state index in [1.807, 2.05) is 50.2 Å². The zero-order chi connectivity index (χ0) is 21.3. The van der Waals surface area contributed by atoms with Gasteiger partial charge in [-0.1, -0.05) is 31.5 Å². The van der Waals surface area contributed by atoms with Gasteiger partial charge >= 0.3 is 0 Å². The van der Waals surface area contributed by atoms with Crippen molar-refractivity contribution in [3.05, 3.63) is 71.0 Å². The van der Waals surface area contributed by atoms with Gasteiger partial charge in [-0.3, -0.25) is 4.79 Å². The van der Waals surface area contributed by atoms with Gasteiger partial charge in [-0.15, -0.1) is 0 Å². The van der Waals surface area contributed by atoms with Crippen LogP contribution in [-0.2, 0) is 5.60 Å². The molecule has 4 rings (SSSR count). The zero-order valence-electron chi connectivity index (χ0n) is 16.8. The van der Waals surface area contributed by atoms with Crippen molar-refractivity contribution in [1.29, 1.82) is 0 Å². The van der Waals surface area contributed by atoms with Crippen LogP contribution < -0.4 is 16.0 Å². The van der Waals surface area contributed by atoms with Gasteiger partial charge in [0.15, 0.2) is 0 Å². The van der Waals surface area contributed by atoms with Gasteiger partial charge in [0.05, 0.1) is 28.2 Å². The van der Waals surface area contributed by atoms with E-state index >= 15 is 0 Å². The Labute approximate surface area is 180 Å². The number of fused-ring (bicyclic) bond motifs is 2. The van der Waals surface area contributed by atoms with E-state index < -0.39 is 5.60 Å². The van der Waals surface area contributed by atoms with E-state index in [4.69, 9.17) is 11.6 Å². The molecule has 0 spiro atoms. The Morgan fingerprint density at radius 1 is 0.967 bits per heavy atom. The molecule has 0 aliphatic carbocycles. The van der Waals surface area contributed by atoms with Crippen LogP contribution in [0.15, 0.2) is 54.7 Å². The Balaban J connectivity index is 1.67. The lowest BCUT2D eigenvalue weighted by Crippen LogP contribution is -2.23. The lowest BCUT2D eigenvalue weighted by atomic mass is 9.88. The maximum atomic E-state index is 12.8. The third-order valence-electron chi connectivity index (χ3n) is 5.52. The lowest BCUT2D eigenvalue weighted by Gasteiger charge is -2.26. The minimum Gasteiger partial charge on any atom is -0.385 e. The first-order valence-electron chi connectivity index (χ1n) is 9.90. The van der Waals surface area contributed by atoms with Gasteiger partial charge in [0.25, 0.3) is 5.91 Å². The van der Waals surface area contributed by atoms with Crippen molar-refractivity contribution in [2.75, 3.05) is 16.0 Å². The van der Waals surface area contributed by atoms with Gasteiger partial charge in [0, 0.05) is 17.6 Å². The fourth-order valence-electron chi connectivity index (χ4n) is 3.61. The van der Waals surface area contributed by atoms with E-state index in [0.29, 0.717) is 34.9 Å². The monoisotopic (exact) mass is 422 g/mol. The van der Waals surface area contributed by atoms with E-state index in [2.05, 4.69) is 20.9 Å². The Hall–Kier alpha value is -3.09. The number of carbonyl (C=O) groups excluding carboxylic acids is 1. The molecule has 0 saturated heterocycles. The average Bonchev–Trinajstić information content (AvgIpc) is 2.88. The number of benzene rings is 2. The number of anilines is 5. The summed E-state index contributed by atoms with van der Waals surface area (Å²) in [4.78, 5) is 16.8. The minimum absolute atomic E-state index is 0.205. The van der Waals surface area contributed by atoms with Crippen LogP contribution in [0, 0.1) is 0 Å². The number of pyridine rings is 1. The smallest absolute Gasteiger partial charge is 0.257 e. The van der Waals surface area contributed by atoms with Crippen molar-refractivity contribution in [1.82, 2.24) is 4.98 Å². The van der Waals surface area contributed by atoms with Crippen LogP contribution in [0.5, 0.6) is 0 Å². The zero-order valence-corrected chi connectivity index (χ0v) is 17.5. The third-order valence-corrected chi connectivity index (χ3v) is 5.73. The number of rotatable bonds is 5. The number of amides is 1. The summed E-state index contributed by atoms with van der Waals surface area (Å²) in [7, 11) is 0. The molecule has 1 aromatic heterocycles. The quantitative estimate of drug-likeness (QED) is 0.390. The van der Waals surface area contributed by atoms with Gasteiger partial charge in [0.1, 0.15) is 5.15 Å². The molecule has 0 saturated carbocycles. The van der Waals surface area contributed by atoms with Crippen molar-refractivity contribution in [2.45, 2.75) is 32.3 Å². The largest absolute Gasteiger partial charge is 0.385 e. The summed E-state index contributed by atoms with van der Waals surface area (Å²) >= 11 is 5.95. The van der Waals surface area contributed by atoms with E-state index in [1.54, 1.807) is 18.3 Å². The van der Waals surface area contributed by atoms with Crippen LogP contribution in [-0.4, -0.2) is 16.0 Å². The highest BCUT2D eigenvalue weighted by Crippen LogP contribution is 2.38. The first-order chi connectivity index (χ1) is 14.4. The van der Waals surface area contributed by atoms with Crippen LogP contribution in [0.25, 0.3) is 0 Å². The molecule has 0 radical (unpaired) electrons. The molecule has 7 heteroatoms. The van der Waals surface area contributed by atoms with E-state index in [0.717, 1.165) is 22.6 Å². The molecule has 0 bridgehead atoms. The second kappa shape index (κ2) is 7.97. The number of nitrogens with one attached hydrogen (secondary N) is 3. The molecule has 154 valence electrons. The van der Waals surface area contributed by atoms with Gasteiger partial charge in [0.2, 0.25) is 0 Å². The molecule has 2 aromatic carbocycles. The highest BCUT2D eigenvalue weighted by atomic mass is 35.5. The summed E-state index contributed by atoms with van der Waals surface area (Å²) in [6, 6.07) is 14.7. The van der Waals surface area contributed by atoms with Crippen LogP contribution in [0.4, 0.5) is 28.4 Å². The molecule has 2 heterocycles. The average molecular weight is 423 g/mol. The lowest BCUT2D eigenvalue weighted by molar-refractivity contribution is 0.0284. The normalized spacial score (nSPS) is 12.9. The van der Waals surface area contributed by atoms with Crippen LogP contribution >= 0.6 is 11.6 Å². The number of aromatic nitrogens is 1. The molecule has 6 nitrogen and oxygen atoms in total. The predicted molar refractivity (Wildman–Crippen MR) is 121 cm³/mol. The second-order valence-corrected chi connectivity index (χ2v) is 7.72. The predicted octanol–water partition coefficient (Wildman–Crippen LogP) is 5.80. The summed E-state index contributed by atoms with van der Waals surface area (Å²) in [6.45, 7) is 3.90. The molecule has 30 heavy (non-hydrogen) atoms. The summed E-state index contributed by atoms with van der Waals surface area (Å²) < 4.78 is 0. The standard InChI is InChI=1S/C23H23ClN4O2/c1-3-23(30,4-2)14-5-8-18-20(11-14)28-22(29)17-7-6-15(12-19(17)27-18)26-16-9-10-25-21(24)13-16/h5-13,27,30H,3-4H2,1-2H3,(H,25,26)(H,28,29). The Morgan fingerprint density at radius 2 is 1.73 bits per heavy atom. The van der Waals surface area contributed by atoms with Crippen molar-refractivity contribution >= 4 is 45.9 Å². The van der Waals surface area contributed by atoms with Crippen LogP contribution in [0.1, 0.15) is 42.6 Å². The highest BCUT2D eigenvalue weighted by molar-refractivity contribution is 6.29. The molecule has 1 aliphatic heterocycles. The molecule has 1 aliphatic rings. The summed E-state index contributed by atoms with van der Waals surface area (Å²) in [6.07, 6.45) is 2.82. The molecule has 1 amide bonds. The van der Waals surface area contributed by atoms with Gasteiger partial charge in [-0.25, -0.2) is 4.98 Å². The third kappa shape index (κ3) is 3.84. The van der Waals surface area contributed by atoms with Crippen molar-refractivity contribution < 1.29 is 9.90 Å². The molecule has 3 aromatic rings. The van der Waals surface area contributed by atoms with E-state index in [1.165, 1.54) is 0 Å². The van der Waals surface area contributed by atoms with Gasteiger partial charge < -0.3 is 21.1 Å². The van der Waals surface area contributed by atoms with Crippen molar-refractivity contribution in [3.63, 3.8) is 0 Å². The van der Waals surface area contributed by atoms with Gasteiger partial charge in [-0.05, 0) is 60.9 Å². The fraction of sp³-hybridized carbons (Fsp3) is 0.217. The van der Waals surface area contributed by atoms with E-state index in [9.17, 15) is 9.90 Å². The first-order valence-corrected chi connectivity index (χ1v) is 10.3. The topological polar surface area (TPSA) is 86.3 Å². The van der Waals surface area contributed by atoms with Crippen molar-refractivity contribution in [2.24, 2.45) is 0 Å². The summed E-state index contributed by atoms with van der Waals surface area (Å²) in [5, 5.41) is 20.8. The Bertz CT molecular complexity index is 1110. The SMILES string of the molecule is CCC(O)(CC)c1ccc2c(c1)NC(=O)c1ccc(Nc3ccnc(Cl)c3)cc1N2. The number of hydrogen-bond donors (Lipinski definition) is 4. The molecule has 0 fully saturated rings. The highest BCUT2D eigenvalue weighted by Gasteiger charge is 2.27. The molecule has 4 N–H and O–H groups in total. The first kappa shape index (κ1) is 20.2. The minimum atomic E-state index is -0.915. The number of halogens is 1. The number of aliphatic hydroxyl groups is 1. The Kier molecular flexibility index (Phi) is 5.37. The van der Waals surface area contributed by atoms with Crippen molar-refractivity contribution in [3.8, 4) is 0 Å². The van der Waals surface area contributed by atoms with E-state index in [-0.39, 0.29) is 5.91 Å². The molecule has 0 atom stereocenters.